The Balaban J connectivity index is 0.000000488. The normalized spacial score (nSPS) is 22.2. The predicted octanol–water partition coefficient (Wildman–Crippen LogP) is 3.65. The minimum atomic E-state index is -1.12. The van der Waals surface area contributed by atoms with Gasteiger partial charge in [-0.1, -0.05) is 50.8 Å². The van der Waals surface area contributed by atoms with Gasteiger partial charge in [-0.2, -0.15) is 0 Å². The molecule has 1 aliphatic carbocycles. The van der Waals surface area contributed by atoms with Crippen molar-refractivity contribution in [1.29, 1.82) is 0 Å². The highest BCUT2D eigenvalue weighted by atomic mass is 16.4. The molecule has 2 rings (SSSR count). The molecule has 0 saturated carbocycles. The van der Waals surface area contributed by atoms with Gasteiger partial charge in [-0.05, 0) is 13.3 Å². The smallest absolute Gasteiger partial charge is 0.331 e. The van der Waals surface area contributed by atoms with Gasteiger partial charge in [0.1, 0.15) is 0 Å². The van der Waals surface area contributed by atoms with E-state index in [-0.39, 0.29) is 5.57 Å². The van der Waals surface area contributed by atoms with Crippen molar-refractivity contribution in [2.24, 2.45) is 11.3 Å². The molecular formula is C18H26N2O4. The minimum absolute atomic E-state index is 0.212. The Bertz CT molecular complexity index is 561. The van der Waals surface area contributed by atoms with Gasteiger partial charge < -0.3 is 15.2 Å². The molecule has 0 spiro atoms. The highest BCUT2D eigenvalue weighted by molar-refractivity contribution is 5.91. The van der Waals surface area contributed by atoms with Gasteiger partial charge in [-0.25, -0.2) is 9.78 Å². The molecule has 1 aliphatic rings. The molecule has 1 heterocycles. The number of unbranched alkanes of at least 4 members (excludes halogenated alkanes) is 3. The maximum atomic E-state index is 11.5. The second kappa shape index (κ2) is 9.70. The number of nitrogens with zero attached hydrogens (tertiary/aromatic N) is 1. The van der Waals surface area contributed by atoms with Gasteiger partial charge in [0, 0.05) is 23.9 Å². The number of carboxylic acids is 2. The van der Waals surface area contributed by atoms with Gasteiger partial charge in [-0.3, -0.25) is 4.79 Å². The van der Waals surface area contributed by atoms with Crippen LogP contribution < -0.4 is 0 Å². The molecule has 0 aromatic carbocycles. The second-order valence-corrected chi connectivity index (χ2v) is 6.04. The number of hydrogen-bond acceptors (Lipinski definition) is 3. The summed E-state index contributed by atoms with van der Waals surface area (Å²) >= 11 is 0. The lowest BCUT2D eigenvalue weighted by molar-refractivity contribution is -0.148. The van der Waals surface area contributed by atoms with Crippen LogP contribution in [0.25, 0.3) is 0 Å². The molecule has 2 unspecified atom stereocenters. The van der Waals surface area contributed by atoms with E-state index in [0.29, 0.717) is 6.42 Å². The van der Waals surface area contributed by atoms with Crippen molar-refractivity contribution in [3.63, 3.8) is 0 Å². The summed E-state index contributed by atoms with van der Waals surface area (Å²) < 4.78 is 0. The van der Waals surface area contributed by atoms with Gasteiger partial charge >= 0.3 is 11.9 Å². The molecule has 0 bridgehead atoms. The molecule has 0 amide bonds. The maximum Gasteiger partial charge on any atom is 0.331 e. The summed E-state index contributed by atoms with van der Waals surface area (Å²) in [5, 5.41) is 18.6. The Kier molecular flexibility index (Phi) is 7.95. The summed E-state index contributed by atoms with van der Waals surface area (Å²) in [4.78, 5) is 29.2. The van der Waals surface area contributed by atoms with Gasteiger partial charge in [0.05, 0.1) is 11.7 Å². The monoisotopic (exact) mass is 334 g/mol. The molecule has 3 N–H and O–H groups in total. The Morgan fingerprint density at radius 2 is 2.04 bits per heavy atom. The van der Waals surface area contributed by atoms with Gasteiger partial charge in [0.2, 0.25) is 0 Å². The predicted molar refractivity (Wildman–Crippen MR) is 91.4 cm³/mol. The number of imidazole rings is 1. The third-order valence-electron chi connectivity index (χ3n) is 4.28. The van der Waals surface area contributed by atoms with Crippen LogP contribution >= 0.6 is 0 Å². The van der Waals surface area contributed by atoms with Crippen LogP contribution in [-0.2, 0) is 9.59 Å². The largest absolute Gasteiger partial charge is 0.481 e. The van der Waals surface area contributed by atoms with Crippen molar-refractivity contribution in [1.82, 2.24) is 9.97 Å². The molecule has 6 heteroatoms. The van der Waals surface area contributed by atoms with Crippen LogP contribution in [0.4, 0.5) is 0 Å². The number of aromatic nitrogens is 2. The van der Waals surface area contributed by atoms with E-state index in [1.165, 1.54) is 6.08 Å². The Labute approximate surface area is 142 Å². The van der Waals surface area contributed by atoms with Crippen molar-refractivity contribution in [3.8, 4) is 0 Å². The molecule has 0 fully saturated rings. The highest BCUT2D eigenvalue weighted by Gasteiger charge is 2.43. The number of aromatic amines is 1. The number of carboxylic acid groups (broad SMARTS) is 2. The Hall–Kier alpha value is -2.37. The van der Waals surface area contributed by atoms with E-state index in [1.54, 1.807) is 37.8 Å². The highest BCUT2D eigenvalue weighted by Crippen LogP contribution is 2.41. The fourth-order valence-corrected chi connectivity index (χ4v) is 2.79. The molecule has 0 radical (unpaired) electrons. The minimum Gasteiger partial charge on any atom is -0.481 e. The molecule has 0 saturated heterocycles. The van der Waals surface area contributed by atoms with Crippen molar-refractivity contribution in [2.45, 2.75) is 46.0 Å². The molecule has 1 aromatic rings. The molecule has 0 aliphatic heterocycles. The Morgan fingerprint density at radius 3 is 2.50 bits per heavy atom. The zero-order valence-electron chi connectivity index (χ0n) is 14.2. The molecular weight excluding hydrogens is 308 g/mol. The zero-order chi connectivity index (χ0) is 18.0. The maximum absolute atomic E-state index is 11.5. The van der Waals surface area contributed by atoms with E-state index in [2.05, 4.69) is 16.9 Å². The molecule has 2 atom stereocenters. The van der Waals surface area contributed by atoms with E-state index in [0.717, 1.165) is 25.7 Å². The number of H-pyrrole nitrogens is 1. The van der Waals surface area contributed by atoms with E-state index in [9.17, 15) is 19.8 Å². The number of carbonyl (C=O) groups is 2. The first-order chi connectivity index (χ1) is 11.4. The summed E-state index contributed by atoms with van der Waals surface area (Å²) in [6.07, 6.45) is 14.4. The molecule has 24 heavy (non-hydrogen) atoms. The number of hydrogen-bond donors (Lipinski definition) is 3. The van der Waals surface area contributed by atoms with Crippen LogP contribution in [0, 0.1) is 11.3 Å². The summed E-state index contributed by atoms with van der Waals surface area (Å²) in [5.41, 5.74) is -0.904. The van der Waals surface area contributed by atoms with Crippen LogP contribution in [0.1, 0.15) is 46.0 Å². The number of rotatable bonds is 7. The molecule has 1 aromatic heterocycles. The number of aliphatic carboxylic acids is 2. The molecule has 132 valence electrons. The second-order valence-electron chi connectivity index (χ2n) is 6.04. The van der Waals surface area contributed by atoms with E-state index in [4.69, 9.17) is 0 Å². The first kappa shape index (κ1) is 19.7. The number of allylic oxidation sites excluding steroid dienone is 2. The van der Waals surface area contributed by atoms with Crippen molar-refractivity contribution in [3.05, 3.63) is 42.5 Å². The van der Waals surface area contributed by atoms with Gasteiger partial charge in [0.15, 0.2) is 0 Å². The van der Waals surface area contributed by atoms with Crippen LogP contribution in [0.3, 0.4) is 0 Å². The van der Waals surface area contributed by atoms with E-state index >= 15 is 0 Å². The average molecular weight is 334 g/mol. The van der Waals surface area contributed by atoms with Gasteiger partial charge in [0.25, 0.3) is 0 Å². The third kappa shape index (κ3) is 5.37. The van der Waals surface area contributed by atoms with E-state index < -0.39 is 23.3 Å². The standard InChI is InChI=1S/C15H22O4.C3H4N2/c1-3-4-5-6-9-12-11(13(16)17)8-7-10-15(12,2)14(18)19;1-2-5-3-4-1/h7-8,10,12H,3-6,9H2,1-2H3,(H,16,17)(H,18,19);1-3H,(H,4,5). The van der Waals surface area contributed by atoms with Crippen molar-refractivity contribution >= 4 is 11.9 Å². The van der Waals surface area contributed by atoms with Crippen LogP contribution in [0.2, 0.25) is 0 Å². The van der Waals surface area contributed by atoms with Crippen molar-refractivity contribution < 1.29 is 19.8 Å². The van der Waals surface area contributed by atoms with Crippen LogP contribution in [-0.4, -0.2) is 32.1 Å². The summed E-state index contributed by atoms with van der Waals surface area (Å²) in [5.74, 6) is -2.43. The topological polar surface area (TPSA) is 103 Å². The fraction of sp³-hybridized carbons (Fsp3) is 0.500. The average Bonchev–Trinajstić information content (AvgIpc) is 3.12. The van der Waals surface area contributed by atoms with Crippen LogP contribution in [0.15, 0.2) is 42.5 Å². The first-order valence-corrected chi connectivity index (χ1v) is 8.22. The lowest BCUT2D eigenvalue weighted by atomic mass is 9.68. The SMILES string of the molecule is CCCCCCC1C(C(=O)O)=CC=CC1(C)C(=O)O.c1c[nH]cn1. The lowest BCUT2D eigenvalue weighted by Crippen LogP contribution is -2.38. The Morgan fingerprint density at radius 1 is 1.29 bits per heavy atom. The lowest BCUT2D eigenvalue weighted by Gasteiger charge is -2.34. The third-order valence-corrected chi connectivity index (χ3v) is 4.28. The van der Waals surface area contributed by atoms with E-state index in [1.807, 2.05) is 0 Å². The fourth-order valence-electron chi connectivity index (χ4n) is 2.79. The quantitative estimate of drug-likeness (QED) is 0.660. The molecule has 6 nitrogen and oxygen atoms in total. The van der Waals surface area contributed by atoms with Crippen LogP contribution in [0.5, 0.6) is 0 Å². The zero-order valence-corrected chi connectivity index (χ0v) is 14.2. The number of nitrogens with one attached hydrogen (secondary N) is 1. The summed E-state index contributed by atoms with van der Waals surface area (Å²) in [6.45, 7) is 3.71. The van der Waals surface area contributed by atoms with Gasteiger partial charge in [-0.15, -0.1) is 0 Å². The summed E-state index contributed by atoms with van der Waals surface area (Å²) in [7, 11) is 0. The first-order valence-electron chi connectivity index (χ1n) is 8.22. The summed E-state index contributed by atoms with van der Waals surface area (Å²) in [6, 6.07) is 0. The van der Waals surface area contributed by atoms with Crippen molar-refractivity contribution in [2.75, 3.05) is 0 Å².